The van der Waals surface area contributed by atoms with Crippen molar-refractivity contribution in [3.8, 4) is 17.1 Å². The van der Waals surface area contributed by atoms with Gasteiger partial charge < -0.3 is 4.74 Å². The van der Waals surface area contributed by atoms with E-state index in [-0.39, 0.29) is 22.5 Å². The van der Waals surface area contributed by atoms with Gasteiger partial charge >= 0.3 is 11.9 Å². The van der Waals surface area contributed by atoms with E-state index in [2.05, 4.69) is 14.8 Å². The molecule has 0 fully saturated rings. The summed E-state index contributed by atoms with van der Waals surface area (Å²) >= 11 is 0. The number of aromatic nitrogens is 4. The molecule has 0 saturated carbocycles. The average Bonchev–Trinajstić information content (AvgIpc) is 2.86. The van der Waals surface area contributed by atoms with Crippen LogP contribution in [0, 0.1) is 24.4 Å². The van der Waals surface area contributed by atoms with Gasteiger partial charge in [-0.1, -0.05) is 0 Å². The Bertz CT molecular complexity index is 1030. The Morgan fingerprint density at radius 3 is 2.38 bits per heavy atom. The van der Waals surface area contributed by atoms with Crippen molar-refractivity contribution < 1.29 is 31.1 Å². The van der Waals surface area contributed by atoms with Gasteiger partial charge in [0, 0.05) is 0 Å². The Kier molecular flexibility index (Phi) is 4.12. The third-order valence-corrected chi connectivity index (χ3v) is 3.29. The number of hydrogen-bond donors (Lipinski definition) is 1. The Morgan fingerprint density at radius 2 is 1.81 bits per heavy atom. The lowest BCUT2D eigenvalue weighted by Gasteiger charge is -2.08. The number of hydrogen-bond acceptors (Lipinski definition) is 4. The molecule has 0 unspecified atom stereocenters. The normalized spacial score (nSPS) is 12.0. The van der Waals surface area contributed by atoms with Crippen molar-refractivity contribution in [3.05, 3.63) is 45.8 Å². The predicted molar refractivity (Wildman–Crippen MR) is 75.2 cm³/mol. The molecule has 0 amide bonds. The summed E-state index contributed by atoms with van der Waals surface area (Å²) < 4.78 is 81.9. The molecule has 0 saturated heterocycles. The van der Waals surface area contributed by atoms with Crippen LogP contribution in [0.3, 0.4) is 0 Å². The molecular weight excluding hydrogens is 370 g/mol. The molecule has 26 heavy (non-hydrogen) atoms. The van der Waals surface area contributed by atoms with E-state index in [0.717, 1.165) is 0 Å². The Labute approximate surface area is 140 Å². The van der Waals surface area contributed by atoms with Crippen LogP contribution in [0.5, 0.6) is 6.01 Å². The summed E-state index contributed by atoms with van der Waals surface area (Å²) in [5.41, 5.74) is -1.47. The molecule has 0 aliphatic carbocycles. The number of fused-ring (bicyclic) bond motifs is 1. The summed E-state index contributed by atoms with van der Waals surface area (Å²) in [6, 6.07) is 0.548. The van der Waals surface area contributed by atoms with Crippen molar-refractivity contribution >= 4 is 5.65 Å². The van der Waals surface area contributed by atoms with Gasteiger partial charge in [0.25, 0.3) is 6.01 Å². The topological polar surface area (TPSA) is 72.3 Å². The molecule has 0 atom stereocenters. The minimum Gasteiger partial charge on any atom is -0.455 e. The fraction of sp³-hybridized carbons (Fsp3) is 0.214. The van der Waals surface area contributed by atoms with Crippen molar-refractivity contribution in [1.82, 2.24) is 19.6 Å². The maximum atomic E-state index is 13.5. The molecule has 0 aliphatic heterocycles. The van der Waals surface area contributed by atoms with E-state index in [4.69, 9.17) is 0 Å². The number of alkyl halides is 3. The zero-order valence-electron chi connectivity index (χ0n) is 12.8. The third-order valence-electron chi connectivity index (χ3n) is 3.29. The van der Waals surface area contributed by atoms with Crippen LogP contribution < -0.4 is 10.4 Å². The molecule has 6 nitrogen and oxygen atoms in total. The van der Waals surface area contributed by atoms with Crippen LogP contribution in [0.1, 0.15) is 5.69 Å². The molecule has 0 aliphatic rings. The summed E-state index contributed by atoms with van der Waals surface area (Å²) in [5, 5.41) is 3.81. The first kappa shape index (κ1) is 17.8. The molecule has 0 bridgehead atoms. The average molecular weight is 378 g/mol. The third kappa shape index (κ3) is 3.21. The fourth-order valence-electron chi connectivity index (χ4n) is 2.28. The standard InChI is InChI=1S/C14H8F6N4O2/c1-5-9(6-2-7(15)10(17)8(16)3-6)11-21-12(26-4-14(18,19)20)22-13(25)24(11)23-5/h2-3H,4H2,1H3,(H,21,22,25). The molecular formula is C14H8F6N4O2. The number of nitrogens with zero attached hydrogens (tertiary/aromatic N) is 3. The largest absolute Gasteiger partial charge is 0.455 e. The second kappa shape index (κ2) is 6.04. The van der Waals surface area contributed by atoms with Crippen molar-refractivity contribution in [1.29, 1.82) is 0 Å². The number of nitrogens with one attached hydrogen (secondary N) is 1. The Balaban J connectivity index is 2.18. The first-order chi connectivity index (χ1) is 12.1. The summed E-state index contributed by atoms with van der Waals surface area (Å²) in [4.78, 5) is 17.6. The second-order valence-corrected chi connectivity index (χ2v) is 5.20. The van der Waals surface area contributed by atoms with Crippen molar-refractivity contribution in [2.24, 2.45) is 0 Å². The van der Waals surface area contributed by atoms with Gasteiger partial charge in [0.1, 0.15) is 0 Å². The maximum Gasteiger partial charge on any atom is 0.422 e. The molecule has 3 aromatic rings. The van der Waals surface area contributed by atoms with Gasteiger partial charge in [-0.3, -0.25) is 4.98 Å². The lowest BCUT2D eigenvalue weighted by atomic mass is 10.1. The molecule has 0 spiro atoms. The summed E-state index contributed by atoms with van der Waals surface area (Å²) in [5.74, 6) is -4.67. The minimum atomic E-state index is -4.67. The highest BCUT2D eigenvalue weighted by atomic mass is 19.4. The molecule has 0 radical (unpaired) electrons. The molecule has 2 heterocycles. The Morgan fingerprint density at radius 1 is 1.19 bits per heavy atom. The van der Waals surface area contributed by atoms with Gasteiger partial charge in [-0.25, -0.2) is 18.0 Å². The molecule has 3 rings (SSSR count). The minimum absolute atomic E-state index is 0.0641. The number of H-pyrrole nitrogens is 1. The van der Waals surface area contributed by atoms with Gasteiger partial charge in [-0.2, -0.15) is 27.8 Å². The van der Waals surface area contributed by atoms with Crippen LogP contribution in [0.2, 0.25) is 0 Å². The first-order valence-electron chi connectivity index (χ1n) is 6.91. The second-order valence-electron chi connectivity index (χ2n) is 5.20. The van der Waals surface area contributed by atoms with E-state index in [1.165, 1.54) is 6.92 Å². The van der Waals surface area contributed by atoms with Crippen molar-refractivity contribution in [2.45, 2.75) is 13.1 Å². The zero-order chi connectivity index (χ0) is 19.2. The van der Waals surface area contributed by atoms with E-state index in [1.807, 2.05) is 4.98 Å². The van der Waals surface area contributed by atoms with Crippen LogP contribution in [0.25, 0.3) is 16.8 Å². The van der Waals surface area contributed by atoms with E-state index in [9.17, 15) is 31.1 Å². The van der Waals surface area contributed by atoms with Crippen LogP contribution in [0.4, 0.5) is 26.3 Å². The van der Waals surface area contributed by atoms with Crippen LogP contribution >= 0.6 is 0 Å². The van der Waals surface area contributed by atoms with Crippen LogP contribution in [0.15, 0.2) is 16.9 Å². The van der Waals surface area contributed by atoms with Gasteiger partial charge in [0.2, 0.25) is 0 Å². The van der Waals surface area contributed by atoms with Gasteiger partial charge in [-0.15, -0.1) is 0 Å². The van der Waals surface area contributed by atoms with Gasteiger partial charge in [0.05, 0.1) is 11.3 Å². The lowest BCUT2D eigenvalue weighted by molar-refractivity contribution is -0.154. The molecule has 1 N–H and O–H groups in total. The molecule has 2 aromatic heterocycles. The number of aromatic amines is 1. The van der Waals surface area contributed by atoms with Gasteiger partial charge in [-0.05, 0) is 24.6 Å². The van der Waals surface area contributed by atoms with E-state index in [1.54, 1.807) is 0 Å². The van der Waals surface area contributed by atoms with Gasteiger partial charge in [0.15, 0.2) is 29.7 Å². The smallest absolute Gasteiger partial charge is 0.422 e. The molecule has 1 aromatic carbocycles. The first-order valence-corrected chi connectivity index (χ1v) is 6.91. The number of rotatable bonds is 3. The number of aryl methyl sites for hydroxylation is 1. The summed E-state index contributed by atoms with van der Waals surface area (Å²) in [7, 11) is 0. The summed E-state index contributed by atoms with van der Waals surface area (Å²) in [6.45, 7) is -0.340. The van der Waals surface area contributed by atoms with E-state index >= 15 is 0 Å². The number of ether oxygens (including phenoxy) is 1. The van der Waals surface area contributed by atoms with Crippen LogP contribution in [-0.2, 0) is 0 Å². The highest BCUT2D eigenvalue weighted by Crippen LogP contribution is 2.29. The lowest BCUT2D eigenvalue weighted by Crippen LogP contribution is -2.24. The van der Waals surface area contributed by atoms with Crippen molar-refractivity contribution in [3.63, 3.8) is 0 Å². The Hall–Kier alpha value is -3.05. The molecule has 138 valence electrons. The number of benzene rings is 1. The molecule has 12 heteroatoms. The predicted octanol–water partition coefficient (Wildman–Crippen LogP) is 2.75. The van der Waals surface area contributed by atoms with E-state index < -0.39 is 41.9 Å². The maximum absolute atomic E-state index is 13.5. The fourth-order valence-corrected chi connectivity index (χ4v) is 2.28. The van der Waals surface area contributed by atoms with Crippen molar-refractivity contribution in [2.75, 3.05) is 6.61 Å². The van der Waals surface area contributed by atoms with E-state index in [0.29, 0.717) is 16.6 Å². The zero-order valence-corrected chi connectivity index (χ0v) is 12.8. The highest BCUT2D eigenvalue weighted by Gasteiger charge is 2.29. The quantitative estimate of drug-likeness (QED) is 0.562. The monoisotopic (exact) mass is 378 g/mol. The SMILES string of the molecule is Cc1nn2c(=O)[nH]c(OCC(F)(F)F)nc2c1-c1cc(F)c(F)c(F)c1. The summed E-state index contributed by atoms with van der Waals surface area (Å²) in [6.07, 6.45) is -4.67. The highest BCUT2D eigenvalue weighted by molar-refractivity contribution is 5.79. The number of halogens is 6. The van der Waals surface area contributed by atoms with Crippen LogP contribution in [-0.4, -0.2) is 32.4 Å².